The predicted octanol–water partition coefficient (Wildman–Crippen LogP) is 4.69. The van der Waals surface area contributed by atoms with Crippen molar-refractivity contribution in [3.8, 4) is 0 Å². The largest absolute Gasteiger partial charge is 0.419 e. The number of halogens is 6. The van der Waals surface area contributed by atoms with Gasteiger partial charge in [0.25, 0.3) is 0 Å². The van der Waals surface area contributed by atoms with E-state index in [1.165, 1.54) is 12.1 Å². The summed E-state index contributed by atoms with van der Waals surface area (Å²) in [6.07, 6.45) is -4.77. The van der Waals surface area contributed by atoms with E-state index in [0.29, 0.717) is 17.7 Å². The van der Waals surface area contributed by atoms with E-state index in [-0.39, 0.29) is 10.6 Å². The van der Waals surface area contributed by atoms with Crippen molar-refractivity contribution in [3.63, 3.8) is 0 Å². The van der Waals surface area contributed by atoms with Crippen LogP contribution in [-0.2, 0) is 6.18 Å². The minimum Gasteiger partial charge on any atom is -0.320 e. The van der Waals surface area contributed by atoms with Crippen LogP contribution in [0.5, 0.6) is 0 Å². The van der Waals surface area contributed by atoms with Gasteiger partial charge in [-0.1, -0.05) is 23.7 Å². The third-order valence-corrected chi connectivity index (χ3v) is 3.25. The van der Waals surface area contributed by atoms with E-state index in [2.05, 4.69) is 0 Å². The van der Waals surface area contributed by atoms with Crippen molar-refractivity contribution in [1.29, 1.82) is 0 Å². The molecule has 0 aromatic heterocycles. The van der Waals surface area contributed by atoms with Gasteiger partial charge in [0.15, 0.2) is 0 Å². The monoisotopic (exact) mass is 321 g/mol. The molecule has 0 aliphatic heterocycles. The normalized spacial score (nSPS) is 13.3. The summed E-state index contributed by atoms with van der Waals surface area (Å²) in [5.41, 5.74) is 4.96. The van der Waals surface area contributed by atoms with Crippen molar-refractivity contribution < 1.29 is 22.0 Å². The van der Waals surface area contributed by atoms with Gasteiger partial charge in [0, 0.05) is 0 Å². The van der Waals surface area contributed by atoms with E-state index in [1.807, 2.05) is 0 Å². The maximum atomic E-state index is 13.5. The van der Waals surface area contributed by atoms with Crippen molar-refractivity contribution in [2.45, 2.75) is 12.2 Å². The Labute approximate surface area is 122 Å². The summed E-state index contributed by atoms with van der Waals surface area (Å²) in [7, 11) is 0. The molecule has 0 radical (unpaired) electrons. The lowest BCUT2D eigenvalue weighted by Gasteiger charge is -2.15. The van der Waals surface area contributed by atoms with Gasteiger partial charge in [-0.15, -0.1) is 0 Å². The highest BCUT2D eigenvalue weighted by molar-refractivity contribution is 6.30. The molecule has 2 aromatic carbocycles. The van der Waals surface area contributed by atoms with Crippen molar-refractivity contribution in [3.05, 3.63) is 69.7 Å². The molecule has 0 amide bonds. The molecule has 21 heavy (non-hydrogen) atoms. The molecule has 0 aliphatic carbocycles. The van der Waals surface area contributed by atoms with Crippen molar-refractivity contribution in [2.24, 2.45) is 5.73 Å². The van der Waals surface area contributed by atoms with Crippen LogP contribution in [0.3, 0.4) is 0 Å². The second-order valence-corrected chi connectivity index (χ2v) is 4.80. The van der Waals surface area contributed by atoms with Gasteiger partial charge in [-0.3, -0.25) is 0 Å². The first-order valence-corrected chi connectivity index (χ1v) is 6.15. The topological polar surface area (TPSA) is 26.0 Å². The summed E-state index contributed by atoms with van der Waals surface area (Å²) in [5, 5.41) is -0.171. The predicted molar refractivity (Wildman–Crippen MR) is 68.8 cm³/mol. The number of hydrogen-bond acceptors (Lipinski definition) is 1. The molecule has 0 fully saturated rings. The second-order valence-electron chi connectivity index (χ2n) is 4.39. The molecule has 2 N–H and O–H groups in total. The maximum absolute atomic E-state index is 13.5. The zero-order valence-corrected chi connectivity index (χ0v) is 11.1. The Hall–Kier alpha value is -1.66. The van der Waals surface area contributed by atoms with Gasteiger partial charge in [0.1, 0.15) is 11.6 Å². The lowest BCUT2D eigenvalue weighted by atomic mass is 9.98. The number of hydrogen-bond donors (Lipinski definition) is 1. The molecule has 0 heterocycles. The fraction of sp³-hybridized carbons (Fsp3) is 0.143. The van der Waals surface area contributed by atoms with Crippen molar-refractivity contribution in [1.82, 2.24) is 0 Å². The van der Waals surface area contributed by atoms with Crippen LogP contribution < -0.4 is 5.73 Å². The molecule has 112 valence electrons. The zero-order chi connectivity index (χ0) is 15.8. The first-order valence-electron chi connectivity index (χ1n) is 5.77. The Bertz CT molecular complexity index is 669. The lowest BCUT2D eigenvalue weighted by molar-refractivity contribution is -0.140. The molecule has 1 unspecified atom stereocenters. The molecule has 1 atom stereocenters. The van der Waals surface area contributed by atoms with E-state index < -0.39 is 29.4 Å². The van der Waals surface area contributed by atoms with Gasteiger partial charge in [-0.2, -0.15) is 13.2 Å². The van der Waals surface area contributed by atoms with Crippen LogP contribution in [-0.4, -0.2) is 0 Å². The first kappa shape index (κ1) is 15.7. The maximum Gasteiger partial charge on any atom is 0.419 e. The molecule has 1 nitrogen and oxygen atoms in total. The van der Waals surface area contributed by atoms with Crippen LogP contribution in [0.25, 0.3) is 0 Å². The Morgan fingerprint density at radius 3 is 2.00 bits per heavy atom. The minimum absolute atomic E-state index is 0.128. The molecule has 2 rings (SSSR count). The summed E-state index contributed by atoms with van der Waals surface area (Å²) in [4.78, 5) is 0. The van der Waals surface area contributed by atoms with Gasteiger partial charge >= 0.3 is 6.18 Å². The number of alkyl halides is 3. The third-order valence-electron chi connectivity index (χ3n) is 2.96. The first-order chi connectivity index (χ1) is 9.70. The average Bonchev–Trinajstić information content (AvgIpc) is 2.39. The Morgan fingerprint density at radius 1 is 0.905 bits per heavy atom. The number of benzene rings is 2. The fourth-order valence-electron chi connectivity index (χ4n) is 1.85. The Kier molecular flexibility index (Phi) is 4.20. The van der Waals surface area contributed by atoms with Crippen LogP contribution >= 0.6 is 11.6 Å². The second kappa shape index (κ2) is 5.61. The molecule has 0 saturated carbocycles. The standard InChI is InChI=1S/C14H9ClF5N/c15-10-5-7(2-4-11(10)16)13(21)8-1-3-9(12(17)6-8)14(18,19)20/h1-6,13H,21H2. The SMILES string of the molecule is NC(c1ccc(C(F)(F)F)c(F)c1)c1ccc(F)c(Cl)c1. The summed E-state index contributed by atoms with van der Waals surface area (Å²) < 4.78 is 64.0. The summed E-state index contributed by atoms with van der Waals surface area (Å²) in [5.74, 6) is -2.06. The molecular weight excluding hydrogens is 313 g/mol. The van der Waals surface area contributed by atoms with E-state index in [4.69, 9.17) is 17.3 Å². The smallest absolute Gasteiger partial charge is 0.320 e. The zero-order valence-electron chi connectivity index (χ0n) is 10.4. The molecule has 0 bridgehead atoms. The van der Waals surface area contributed by atoms with Gasteiger partial charge in [-0.25, -0.2) is 8.78 Å². The van der Waals surface area contributed by atoms with Gasteiger partial charge in [0.2, 0.25) is 0 Å². The van der Waals surface area contributed by atoms with Gasteiger partial charge in [-0.05, 0) is 35.4 Å². The van der Waals surface area contributed by atoms with Gasteiger partial charge < -0.3 is 5.73 Å². The third kappa shape index (κ3) is 3.33. The highest BCUT2D eigenvalue weighted by Gasteiger charge is 2.34. The van der Waals surface area contributed by atoms with Crippen LogP contribution in [0, 0.1) is 11.6 Å². The number of nitrogens with two attached hydrogens (primary N) is 1. The Balaban J connectivity index is 2.38. The molecule has 0 saturated heterocycles. The van der Waals surface area contributed by atoms with Crippen molar-refractivity contribution >= 4 is 11.6 Å². The number of rotatable bonds is 2. The minimum atomic E-state index is -4.77. The molecule has 0 aliphatic rings. The summed E-state index contributed by atoms with van der Waals surface area (Å²) in [6.45, 7) is 0. The molecule has 7 heteroatoms. The fourth-order valence-corrected chi connectivity index (χ4v) is 2.04. The van der Waals surface area contributed by atoms with E-state index >= 15 is 0 Å². The summed E-state index contributed by atoms with van der Waals surface area (Å²) >= 11 is 5.61. The highest BCUT2D eigenvalue weighted by Crippen LogP contribution is 2.33. The van der Waals surface area contributed by atoms with E-state index in [0.717, 1.165) is 12.1 Å². The van der Waals surface area contributed by atoms with Gasteiger partial charge in [0.05, 0.1) is 16.6 Å². The van der Waals surface area contributed by atoms with Crippen LogP contribution in [0.2, 0.25) is 5.02 Å². The quantitative estimate of drug-likeness (QED) is 0.798. The van der Waals surface area contributed by atoms with Crippen LogP contribution in [0.1, 0.15) is 22.7 Å². The molecule has 0 spiro atoms. The molecular formula is C14H9ClF5N. The van der Waals surface area contributed by atoms with E-state index in [9.17, 15) is 22.0 Å². The molecule has 2 aromatic rings. The lowest BCUT2D eigenvalue weighted by Crippen LogP contribution is -2.14. The summed E-state index contributed by atoms with van der Waals surface area (Å²) in [6, 6.07) is 5.16. The van der Waals surface area contributed by atoms with Crippen LogP contribution in [0.4, 0.5) is 22.0 Å². The highest BCUT2D eigenvalue weighted by atomic mass is 35.5. The van der Waals surface area contributed by atoms with Crippen molar-refractivity contribution in [2.75, 3.05) is 0 Å². The van der Waals surface area contributed by atoms with Crippen LogP contribution in [0.15, 0.2) is 36.4 Å². The van der Waals surface area contributed by atoms with E-state index in [1.54, 1.807) is 0 Å². The average molecular weight is 322 g/mol. The Morgan fingerprint density at radius 2 is 1.48 bits per heavy atom.